The topological polar surface area (TPSA) is 30.5 Å². The third-order valence-electron chi connectivity index (χ3n) is 4.96. The van der Waals surface area contributed by atoms with Crippen LogP contribution < -0.4 is 10.1 Å². The van der Waals surface area contributed by atoms with Gasteiger partial charge in [-0.1, -0.05) is 43.9 Å². The Kier molecular flexibility index (Phi) is 6.07. The smallest absolute Gasteiger partial charge is 0.122 e. The molecule has 1 fully saturated rings. The molecule has 3 nitrogen and oxygen atoms in total. The van der Waals surface area contributed by atoms with Gasteiger partial charge in [0.15, 0.2) is 0 Å². The van der Waals surface area contributed by atoms with Crippen molar-refractivity contribution in [2.24, 2.45) is 0 Å². The van der Waals surface area contributed by atoms with Gasteiger partial charge in [0, 0.05) is 13.2 Å². The lowest BCUT2D eigenvalue weighted by Gasteiger charge is -2.39. The summed E-state index contributed by atoms with van der Waals surface area (Å²) in [5.74, 6) is 0.970. The van der Waals surface area contributed by atoms with E-state index in [2.05, 4.69) is 17.4 Å². The maximum Gasteiger partial charge on any atom is 0.122 e. The molecule has 0 spiro atoms. The summed E-state index contributed by atoms with van der Waals surface area (Å²) >= 11 is 0. The number of hydrogen-bond donors (Lipinski definition) is 1. The Morgan fingerprint density at radius 1 is 1.10 bits per heavy atom. The van der Waals surface area contributed by atoms with Crippen LogP contribution in [0.15, 0.2) is 24.3 Å². The fourth-order valence-corrected chi connectivity index (χ4v) is 3.66. The zero-order valence-electron chi connectivity index (χ0n) is 13.7. The first kappa shape index (κ1) is 16.3. The van der Waals surface area contributed by atoms with Crippen LogP contribution in [-0.4, -0.2) is 32.9 Å². The quantitative estimate of drug-likeness (QED) is 0.813. The van der Waals surface area contributed by atoms with E-state index in [1.165, 1.54) is 31.2 Å². The minimum atomic E-state index is -0.0495. The zero-order chi connectivity index (χ0) is 15.1. The molecule has 1 aliphatic rings. The lowest BCUT2D eigenvalue weighted by molar-refractivity contribution is -0.0510. The van der Waals surface area contributed by atoms with Crippen LogP contribution in [0.1, 0.15) is 44.1 Å². The van der Waals surface area contributed by atoms with Gasteiger partial charge in [0.2, 0.25) is 0 Å². The summed E-state index contributed by atoms with van der Waals surface area (Å²) in [6, 6.07) is 8.61. The van der Waals surface area contributed by atoms with Crippen LogP contribution in [-0.2, 0) is 11.2 Å². The van der Waals surface area contributed by atoms with Crippen molar-refractivity contribution in [2.45, 2.75) is 56.6 Å². The fourth-order valence-electron chi connectivity index (χ4n) is 3.66. The summed E-state index contributed by atoms with van der Waals surface area (Å²) < 4.78 is 11.6. The molecule has 1 N–H and O–H groups in total. The monoisotopic (exact) mass is 291 g/mol. The second-order valence-corrected chi connectivity index (χ2v) is 6.04. The highest BCUT2D eigenvalue weighted by atomic mass is 16.5. The van der Waals surface area contributed by atoms with Gasteiger partial charge >= 0.3 is 0 Å². The number of nitrogens with one attached hydrogen (secondary N) is 1. The van der Waals surface area contributed by atoms with Gasteiger partial charge in [0.25, 0.3) is 0 Å². The number of methoxy groups -OCH3 is 2. The Bertz CT molecular complexity index is 425. The minimum Gasteiger partial charge on any atom is -0.496 e. The Labute approximate surface area is 129 Å². The van der Waals surface area contributed by atoms with Crippen molar-refractivity contribution in [2.75, 3.05) is 21.3 Å². The van der Waals surface area contributed by atoms with Crippen molar-refractivity contribution < 1.29 is 9.47 Å². The van der Waals surface area contributed by atoms with Crippen molar-refractivity contribution in [3.8, 4) is 5.75 Å². The molecule has 0 aliphatic heterocycles. The van der Waals surface area contributed by atoms with E-state index in [1.54, 1.807) is 7.11 Å². The molecule has 2 rings (SSSR count). The SMILES string of the molecule is CNC(Cc1ccccc1OC)C1(OC)CCCCCC1. The number of rotatable bonds is 6. The van der Waals surface area contributed by atoms with Gasteiger partial charge in [-0.05, 0) is 37.9 Å². The lowest BCUT2D eigenvalue weighted by atomic mass is 9.82. The molecule has 3 heteroatoms. The molecule has 0 saturated heterocycles. The number of para-hydroxylation sites is 1. The Morgan fingerprint density at radius 2 is 1.76 bits per heavy atom. The average Bonchev–Trinajstić information content (AvgIpc) is 2.79. The first-order chi connectivity index (χ1) is 10.3. The summed E-state index contributed by atoms with van der Waals surface area (Å²) in [5, 5.41) is 3.51. The average molecular weight is 291 g/mol. The van der Waals surface area contributed by atoms with Gasteiger partial charge in [0.1, 0.15) is 5.75 Å². The largest absolute Gasteiger partial charge is 0.496 e. The normalized spacial score (nSPS) is 19.8. The highest BCUT2D eigenvalue weighted by molar-refractivity contribution is 5.34. The Morgan fingerprint density at radius 3 is 2.33 bits per heavy atom. The van der Waals surface area contributed by atoms with Crippen LogP contribution in [0.2, 0.25) is 0 Å². The first-order valence-electron chi connectivity index (χ1n) is 8.10. The zero-order valence-corrected chi connectivity index (χ0v) is 13.7. The van der Waals surface area contributed by atoms with E-state index in [-0.39, 0.29) is 5.60 Å². The van der Waals surface area contributed by atoms with Crippen molar-refractivity contribution in [3.63, 3.8) is 0 Å². The molecule has 0 aromatic heterocycles. The molecule has 0 bridgehead atoms. The van der Waals surface area contributed by atoms with Crippen LogP contribution in [0.4, 0.5) is 0 Å². The molecular formula is C18H29NO2. The molecule has 1 saturated carbocycles. The van der Waals surface area contributed by atoms with E-state index in [0.717, 1.165) is 25.0 Å². The Balaban J connectivity index is 2.20. The summed E-state index contributed by atoms with van der Waals surface area (Å²) in [6.45, 7) is 0. The molecule has 1 unspecified atom stereocenters. The summed E-state index contributed by atoms with van der Waals surface area (Å²) in [6.07, 6.45) is 8.41. The molecule has 0 heterocycles. The van der Waals surface area contributed by atoms with E-state index in [1.807, 2.05) is 26.3 Å². The second-order valence-electron chi connectivity index (χ2n) is 6.04. The van der Waals surface area contributed by atoms with Crippen LogP contribution >= 0.6 is 0 Å². The second kappa shape index (κ2) is 7.81. The van der Waals surface area contributed by atoms with Crippen LogP contribution in [0.25, 0.3) is 0 Å². The van der Waals surface area contributed by atoms with Gasteiger partial charge in [-0.3, -0.25) is 0 Å². The van der Waals surface area contributed by atoms with E-state index < -0.39 is 0 Å². The third-order valence-corrected chi connectivity index (χ3v) is 4.96. The van der Waals surface area contributed by atoms with Crippen LogP contribution in [0, 0.1) is 0 Å². The molecule has 0 amide bonds. The lowest BCUT2D eigenvalue weighted by Crippen LogP contribution is -2.52. The summed E-state index contributed by atoms with van der Waals surface area (Å²) in [5.41, 5.74) is 1.20. The van der Waals surface area contributed by atoms with E-state index in [0.29, 0.717) is 6.04 Å². The van der Waals surface area contributed by atoms with Gasteiger partial charge < -0.3 is 14.8 Å². The van der Waals surface area contributed by atoms with Crippen molar-refractivity contribution in [3.05, 3.63) is 29.8 Å². The fraction of sp³-hybridized carbons (Fsp3) is 0.667. The van der Waals surface area contributed by atoms with Crippen LogP contribution in [0.5, 0.6) is 5.75 Å². The molecule has 1 aromatic rings. The number of ether oxygens (including phenoxy) is 2. The predicted molar refractivity (Wildman–Crippen MR) is 87.0 cm³/mol. The molecular weight excluding hydrogens is 262 g/mol. The van der Waals surface area contributed by atoms with E-state index in [9.17, 15) is 0 Å². The first-order valence-corrected chi connectivity index (χ1v) is 8.10. The van der Waals surface area contributed by atoms with Crippen molar-refractivity contribution in [1.82, 2.24) is 5.32 Å². The summed E-state index contributed by atoms with van der Waals surface area (Å²) in [4.78, 5) is 0. The van der Waals surface area contributed by atoms with E-state index >= 15 is 0 Å². The third kappa shape index (κ3) is 3.78. The molecule has 1 atom stereocenters. The van der Waals surface area contributed by atoms with E-state index in [4.69, 9.17) is 9.47 Å². The summed E-state index contributed by atoms with van der Waals surface area (Å²) in [7, 11) is 5.66. The number of likely N-dealkylation sites (N-methyl/N-ethyl adjacent to an activating group) is 1. The van der Waals surface area contributed by atoms with Crippen molar-refractivity contribution >= 4 is 0 Å². The number of hydrogen-bond acceptors (Lipinski definition) is 3. The van der Waals surface area contributed by atoms with Gasteiger partial charge in [0.05, 0.1) is 12.7 Å². The van der Waals surface area contributed by atoms with Gasteiger partial charge in [-0.15, -0.1) is 0 Å². The maximum absolute atomic E-state index is 6.05. The van der Waals surface area contributed by atoms with Crippen LogP contribution in [0.3, 0.4) is 0 Å². The molecule has 1 aliphatic carbocycles. The van der Waals surface area contributed by atoms with Crippen molar-refractivity contribution in [1.29, 1.82) is 0 Å². The number of benzene rings is 1. The van der Waals surface area contributed by atoms with Gasteiger partial charge in [-0.25, -0.2) is 0 Å². The molecule has 21 heavy (non-hydrogen) atoms. The highest BCUT2D eigenvalue weighted by Crippen LogP contribution is 2.35. The standard InChI is InChI=1S/C18H29NO2/c1-19-17(14-15-10-6-7-11-16(15)20-2)18(21-3)12-8-4-5-9-13-18/h6-7,10-11,17,19H,4-5,8-9,12-14H2,1-3H3. The minimum absolute atomic E-state index is 0.0495. The molecule has 0 radical (unpaired) electrons. The molecule has 118 valence electrons. The molecule has 1 aromatic carbocycles. The highest BCUT2D eigenvalue weighted by Gasteiger charge is 2.38. The predicted octanol–water partition coefficient (Wildman–Crippen LogP) is 3.57. The van der Waals surface area contributed by atoms with Gasteiger partial charge in [-0.2, -0.15) is 0 Å². The Hall–Kier alpha value is -1.06. The maximum atomic E-state index is 6.05.